The van der Waals surface area contributed by atoms with Crippen LogP contribution < -0.4 is 15.6 Å². The largest absolute Gasteiger partial charge is 0.483 e. The Morgan fingerprint density at radius 1 is 1.00 bits per heavy atom. The zero-order valence-electron chi connectivity index (χ0n) is 14.8. The number of nitrogens with one attached hydrogen (secondary N) is 2. The Morgan fingerprint density at radius 2 is 1.68 bits per heavy atom. The summed E-state index contributed by atoms with van der Waals surface area (Å²) in [6.45, 7) is 6.04. The molecule has 0 aliphatic rings. The minimum absolute atomic E-state index is 0.163. The van der Waals surface area contributed by atoms with Crippen LogP contribution in [-0.2, 0) is 11.2 Å². The molecule has 2 aromatic carbocycles. The number of carbonyl (C=O) groups is 2. The number of aryl methyl sites for hydroxylation is 1. The molecule has 0 saturated heterocycles. The average molecular weight is 340 g/mol. The van der Waals surface area contributed by atoms with Gasteiger partial charge in [-0.05, 0) is 41.7 Å². The molecule has 2 amide bonds. The molecule has 0 saturated carbocycles. The molecular weight excluding hydrogens is 316 g/mol. The summed E-state index contributed by atoms with van der Waals surface area (Å²) in [6.07, 6.45) is 0.820. The predicted octanol–water partition coefficient (Wildman–Crippen LogP) is 3.21. The van der Waals surface area contributed by atoms with E-state index in [0.29, 0.717) is 17.2 Å². The lowest BCUT2D eigenvalue weighted by molar-refractivity contribution is -0.123. The lowest BCUT2D eigenvalue weighted by Gasteiger charge is -2.11. The molecule has 25 heavy (non-hydrogen) atoms. The SMILES string of the molecule is CCc1ccccc1OCC(=O)NNC(=O)c1ccc(C(C)C)cc1. The molecule has 0 unspecified atom stereocenters. The predicted molar refractivity (Wildman–Crippen MR) is 97.5 cm³/mol. The van der Waals surface area contributed by atoms with E-state index in [1.807, 2.05) is 43.3 Å². The molecule has 2 aromatic rings. The van der Waals surface area contributed by atoms with Gasteiger partial charge in [-0.25, -0.2) is 0 Å². The number of hydrogen-bond acceptors (Lipinski definition) is 3. The summed E-state index contributed by atoms with van der Waals surface area (Å²) in [5.74, 6) is 0.298. The number of hydrogen-bond donors (Lipinski definition) is 2. The monoisotopic (exact) mass is 340 g/mol. The van der Waals surface area contributed by atoms with E-state index >= 15 is 0 Å². The molecule has 0 atom stereocenters. The molecule has 0 spiro atoms. The minimum Gasteiger partial charge on any atom is -0.483 e. The zero-order chi connectivity index (χ0) is 18.2. The van der Waals surface area contributed by atoms with Crippen LogP contribution in [0.15, 0.2) is 48.5 Å². The number of hydrazine groups is 1. The molecule has 5 nitrogen and oxygen atoms in total. The third-order valence-electron chi connectivity index (χ3n) is 3.87. The van der Waals surface area contributed by atoms with Crippen molar-refractivity contribution in [1.82, 2.24) is 10.9 Å². The molecule has 0 aliphatic heterocycles. The highest BCUT2D eigenvalue weighted by Crippen LogP contribution is 2.18. The van der Waals surface area contributed by atoms with Crippen LogP contribution in [0.5, 0.6) is 5.75 Å². The molecule has 0 fully saturated rings. The first-order chi connectivity index (χ1) is 12.0. The second-order valence-electron chi connectivity index (χ2n) is 6.03. The van der Waals surface area contributed by atoms with Gasteiger partial charge in [0.25, 0.3) is 11.8 Å². The highest BCUT2D eigenvalue weighted by Gasteiger charge is 2.09. The van der Waals surface area contributed by atoms with Gasteiger partial charge in [-0.15, -0.1) is 0 Å². The average Bonchev–Trinajstić information content (AvgIpc) is 2.64. The Kier molecular flexibility index (Phi) is 6.57. The third-order valence-corrected chi connectivity index (χ3v) is 3.87. The van der Waals surface area contributed by atoms with Crippen molar-refractivity contribution in [2.24, 2.45) is 0 Å². The number of amides is 2. The molecule has 0 heterocycles. The van der Waals surface area contributed by atoms with E-state index < -0.39 is 5.91 Å². The van der Waals surface area contributed by atoms with Crippen LogP contribution in [0.25, 0.3) is 0 Å². The lowest BCUT2D eigenvalue weighted by Crippen LogP contribution is -2.43. The fourth-order valence-electron chi connectivity index (χ4n) is 2.33. The molecular formula is C20H24N2O3. The zero-order valence-corrected chi connectivity index (χ0v) is 14.8. The van der Waals surface area contributed by atoms with E-state index in [2.05, 4.69) is 24.7 Å². The van der Waals surface area contributed by atoms with Gasteiger partial charge in [-0.3, -0.25) is 20.4 Å². The van der Waals surface area contributed by atoms with Crippen LogP contribution >= 0.6 is 0 Å². The van der Waals surface area contributed by atoms with Crippen molar-refractivity contribution in [2.45, 2.75) is 33.1 Å². The number of carbonyl (C=O) groups excluding carboxylic acids is 2. The number of ether oxygens (including phenoxy) is 1. The van der Waals surface area contributed by atoms with Crippen LogP contribution in [-0.4, -0.2) is 18.4 Å². The summed E-state index contributed by atoms with van der Waals surface area (Å²) in [5.41, 5.74) is 7.43. The van der Waals surface area contributed by atoms with Gasteiger partial charge >= 0.3 is 0 Å². The van der Waals surface area contributed by atoms with Crippen LogP contribution in [0.2, 0.25) is 0 Å². The molecule has 0 bridgehead atoms. The first kappa shape index (κ1) is 18.5. The van der Waals surface area contributed by atoms with E-state index in [4.69, 9.17) is 4.74 Å². The fourth-order valence-corrected chi connectivity index (χ4v) is 2.33. The van der Waals surface area contributed by atoms with Crippen LogP contribution in [0, 0.1) is 0 Å². The quantitative estimate of drug-likeness (QED) is 0.794. The van der Waals surface area contributed by atoms with Gasteiger partial charge in [0.1, 0.15) is 5.75 Å². The molecule has 2 rings (SSSR count). The maximum absolute atomic E-state index is 12.0. The standard InChI is InChI=1S/C20H24N2O3/c1-4-15-7-5-6-8-18(15)25-13-19(23)21-22-20(24)17-11-9-16(10-12-17)14(2)3/h5-12,14H,4,13H2,1-3H3,(H,21,23)(H,22,24). The topological polar surface area (TPSA) is 67.4 Å². The van der Waals surface area contributed by atoms with Gasteiger partial charge in [0, 0.05) is 5.56 Å². The number of rotatable bonds is 6. The Hall–Kier alpha value is -2.82. The first-order valence-electron chi connectivity index (χ1n) is 8.41. The maximum atomic E-state index is 12.0. The Balaban J connectivity index is 1.82. The molecule has 2 N–H and O–H groups in total. The van der Waals surface area contributed by atoms with E-state index in [0.717, 1.165) is 17.5 Å². The molecule has 0 aromatic heterocycles. The Labute approximate surface area is 148 Å². The van der Waals surface area contributed by atoms with Crippen molar-refractivity contribution in [3.8, 4) is 5.75 Å². The second-order valence-corrected chi connectivity index (χ2v) is 6.03. The first-order valence-corrected chi connectivity index (χ1v) is 8.41. The fraction of sp³-hybridized carbons (Fsp3) is 0.300. The van der Waals surface area contributed by atoms with E-state index in [9.17, 15) is 9.59 Å². The van der Waals surface area contributed by atoms with Gasteiger partial charge in [-0.1, -0.05) is 51.1 Å². The Morgan fingerprint density at radius 3 is 2.32 bits per heavy atom. The third kappa shape index (κ3) is 5.35. The van der Waals surface area contributed by atoms with E-state index in [1.54, 1.807) is 12.1 Å². The maximum Gasteiger partial charge on any atom is 0.276 e. The van der Waals surface area contributed by atoms with Crippen molar-refractivity contribution in [2.75, 3.05) is 6.61 Å². The summed E-state index contributed by atoms with van der Waals surface area (Å²) in [4.78, 5) is 23.9. The van der Waals surface area contributed by atoms with Crippen LogP contribution in [0.3, 0.4) is 0 Å². The van der Waals surface area contributed by atoms with Gasteiger partial charge < -0.3 is 4.74 Å². The summed E-state index contributed by atoms with van der Waals surface area (Å²) in [5, 5.41) is 0. The van der Waals surface area contributed by atoms with E-state index in [1.165, 1.54) is 0 Å². The van der Waals surface area contributed by atoms with Gasteiger partial charge in [0.05, 0.1) is 0 Å². The van der Waals surface area contributed by atoms with Crippen molar-refractivity contribution in [3.05, 3.63) is 65.2 Å². The van der Waals surface area contributed by atoms with Gasteiger partial charge in [-0.2, -0.15) is 0 Å². The summed E-state index contributed by atoms with van der Waals surface area (Å²) < 4.78 is 5.51. The summed E-state index contributed by atoms with van der Waals surface area (Å²) in [7, 11) is 0. The second kappa shape index (κ2) is 8.87. The van der Waals surface area contributed by atoms with Crippen LogP contribution in [0.4, 0.5) is 0 Å². The van der Waals surface area contributed by atoms with E-state index in [-0.39, 0.29) is 12.5 Å². The van der Waals surface area contributed by atoms with Gasteiger partial charge in [0.15, 0.2) is 6.61 Å². The summed E-state index contributed by atoms with van der Waals surface area (Å²) >= 11 is 0. The highest BCUT2D eigenvalue weighted by atomic mass is 16.5. The van der Waals surface area contributed by atoms with Crippen molar-refractivity contribution in [3.63, 3.8) is 0 Å². The lowest BCUT2D eigenvalue weighted by atomic mass is 10.0. The highest BCUT2D eigenvalue weighted by molar-refractivity contribution is 5.95. The molecule has 0 radical (unpaired) electrons. The van der Waals surface area contributed by atoms with Crippen molar-refractivity contribution >= 4 is 11.8 Å². The number of para-hydroxylation sites is 1. The molecule has 132 valence electrons. The Bertz CT molecular complexity index is 724. The van der Waals surface area contributed by atoms with Crippen LogP contribution in [0.1, 0.15) is 48.2 Å². The number of benzene rings is 2. The van der Waals surface area contributed by atoms with Crippen molar-refractivity contribution < 1.29 is 14.3 Å². The van der Waals surface area contributed by atoms with Gasteiger partial charge in [0.2, 0.25) is 0 Å². The smallest absolute Gasteiger partial charge is 0.276 e. The van der Waals surface area contributed by atoms with Crippen molar-refractivity contribution in [1.29, 1.82) is 0 Å². The normalized spacial score (nSPS) is 10.4. The molecule has 0 aliphatic carbocycles. The summed E-state index contributed by atoms with van der Waals surface area (Å²) in [6, 6.07) is 14.9. The molecule has 5 heteroatoms. The minimum atomic E-state index is -0.418.